The molecular formula is C25H18O5. The van der Waals surface area contributed by atoms with Crippen LogP contribution in [0.25, 0.3) is 28.2 Å². The number of phenols is 2. The summed E-state index contributed by atoms with van der Waals surface area (Å²) in [5, 5.41) is 20.8. The normalized spacial score (nSPS) is 11.2. The van der Waals surface area contributed by atoms with Gasteiger partial charge in [-0.3, -0.25) is 4.79 Å². The lowest BCUT2D eigenvalue weighted by atomic mass is 9.93. The van der Waals surface area contributed by atoms with Crippen molar-refractivity contribution in [2.24, 2.45) is 0 Å². The van der Waals surface area contributed by atoms with Crippen molar-refractivity contribution >= 4 is 22.8 Å². The lowest BCUT2D eigenvalue weighted by molar-refractivity contribution is 0.104. The Balaban J connectivity index is 2.02. The molecular weight excluding hydrogens is 380 g/mol. The maximum Gasteiger partial charge on any atom is 0.348 e. The number of aryl methyl sites for hydroxylation is 1. The Bertz CT molecular complexity index is 1330. The third-order valence-corrected chi connectivity index (χ3v) is 4.92. The SMILES string of the molecule is Cc1c(O)cc(O)c2c(-c3ccccc3)c(C(=O)/C=C/c3ccccc3)c(=O)oc12. The fourth-order valence-corrected chi connectivity index (χ4v) is 3.41. The Kier molecular flexibility index (Phi) is 4.94. The van der Waals surface area contributed by atoms with Gasteiger partial charge in [0.2, 0.25) is 0 Å². The second-order valence-electron chi connectivity index (χ2n) is 6.86. The molecule has 0 spiro atoms. The van der Waals surface area contributed by atoms with E-state index >= 15 is 0 Å². The number of hydrogen-bond donors (Lipinski definition) is 2. The molecule has 1 heterocycles. The highest BCUT2D eigenvalue weighted by molar-refractivity contribution is 6.16. The van der Waals surface area contributed by atoms with Crippen LogP contribution >= 0.6 is 0 Å². The molecule has 0 amide bonds. The van der Waals surface area contributed by atoms with E-state index in [-0.39, 0.29) is 33.6 Å². The summed E-state index contributed by atoms with van der Waals surface area (Å²) in [6.07, 6.45) is 2.92. The summed E-state index contributed by atoms with van der Waals surface area (Å²) < 4.78 is 5.39. The minimum absolute atomic E-state index is 0.0416. The largest absolute Gasteiger partial charge is 0.507 e. The Labute approximate surface area is 172 Å². The van der Waals surface area contributed by atoms with Crippen LogP contribution in [0.4, 0.5) is 0 Å². The smallest absolute Gasteiger partial charge is 0.348 e. The minimum Gasteiger partial charge on any atom is -0.507 e. The molecule has 0 saturated carbocycles. The summed E-state index contributed by atoms with van der Waals surface area (Å²) in [5.74, 6) is -1.03. The molecule has 5 nitrogen and oxygen atoms in total. The summed E-state index contributed by atoms with van der Waals surface area (Å²) in [5.41, 5.74) is 0.979. The fourth-order valence-electron chi connectivity index (χ4n) is 3.41. The summed E-state index contributed by atoms with van der Waals surface area (Å²) in [6, 6.07) is 19.2. The number of carbonyl (C=O) groups is 1. The maximum absolute atomic E-state index is 13.1. The molecule has 0 aliphatic heterocycles. The summed E-state index contributed by atoms with van der Waals surface area (Å²) in [7, 11) is 0. The van der Waals surface area contributed by atoms with Crippen molar-refractivity contribution in [3.63, 3.8) is 0 Å². The first-order valence-electron chi connectivity index (χ1n) is 9.32. The fraction of sp³-hybridized carbons (Fsp3) is 0.0400. The first kappa shape index (κ1) is 19.2. The van der Waals surface area contributed by atoms with Crippen LogP contribution in [0.5, 0.6) is 11.5 Å². The zero-order valence-corrected chi connectivity index (χ0v) is 16.1. The predicted octanol–water partition coefficient (Wildman–Crippen LogP) is 5.08. The van der Waals surface area contributed by atoms with Crippen LogP contribution < -0.4 is 5.63 Å². The molecule has 5 heteroatoms. The molecule has 0 atom stereocenters. The Morgan fingerprint density at radius 3 is 2.23 bits per heavy atom. The number of phenolic OH excluding ortho intramolecular Hbond substituents is 2. The lowest BCUT2D eigenvalue weighted by Crippen LogP contribution is -2.15. The second-order valence-corrected chi connectivity index (χ2v) is 6.86. The molecule has 0 aliphatic rings. The van der Waals surface area contributed by atoms with E-state index in [1.807, 2.05) is 36.4 Å². The number of rotatable bonds is 4. The van der Waals surface area contributed by atoms with Crippen molar-refractivity contribution in [1.82, 2.24) is 0 Å². The first-order chi connectivity index (χ1) is 14.5. The van der Waals surface area contributed by atoms with Crippen LogP contribution in [0.2, 0.25) is 0 Å². The molecule has 0 unspecified atom stereocenters. The quantitative estimate of drug-likeness (QED) is 0.284. The van der Waals surface area contributed by atoms with Crippen molar-refractivity contribution in [1.29, 1.82) is 0 Å². The Hall–Kier alpha value is -4.12. The van der Waals surface area contributed by atoms with E-state index in [1.54, 1.807) is 37.3 Å². The Morgan fingerprint density at radius 1 is 0.933 bits per heavy atom. The Morgan fingerprint density at radius 2 is 1.57 bits per heavy atom. The van der Waals surface area contributed by atoms with Crippen molar-refractivity contribution < 1.29 is 19.4 Å². The van der Waals surface area contributed by atoms with Crippen LogP contribution in [0.1, 0.15) is 21.5 Å². The first-order valence-corrected chi connectivity index (χ1v) is 9.32. The predicted molar refractivity (Wildman–Crippen MR) is 116 cm³/mol. The highest BCUT2D eigenvalue weighted by Crippen LogP contribution is 2.40. The van der Waals surface area contributed by atoms with Crippen LogP contribution in [0.15, 0.2) is 82.0 Å². The van der Waals surface area contributed by atoms with E-state index in [2.05, 4.69) is 0 Å². The van der Waals surface area contributed by atoms with E-state index in [1.165, 1.54) is 12.1 Å². The number of hydrogen-bond acceptors (Lipinski definition) is 5. The summed E-state index contributed by atoms with van der Waals surface area (Å²) >= 11 is 0. The van der Waals surface area contributed by atoms with E-state index in [4.69, 9.17) is 4.42 Å². The van der Waals surface area contributed by atoms with Crippen molar-refractivity contribution in [3.8, 4) is 22.6 Å². The van der Waals surface area contributed by atoms with Gasteiger partial charge in [0.1, 0.15) is 22.6 Å². The molecule has 0 bridgehead atoms. The average Bonchev–Trinajstić information content (AvgIpc) is 2.76. The molecule has 0 saturated heterocycles. The number of allylic oxidation sites excluding steroid dienone is 1. The van der Waals surface area contributed by atoms with Gasteiger partial charge < -0.3 is 14.6 Å². The number of fused-ring (bicyclic) bond motifs is 1. The number of ketones is 1. The van der Waals surface area contributed by atoms with E-state index in [9.17, 15) is 19.8 Å². The zero-order valence-electron chi connectivity index (χ0n) is 16.1. The van der Waals surface area contributed by atoms with Gasteiger partial charge in [-0.15, -0.1) is 0 Å². The molecule has 0 aliphatic carbocycles. The van der Waals surface area contributed by atoms with Gasteiger partial charge in [0, 0.05) is 17.2 Å². The van der Waals surface area contributed by atoms with Crippen molar-refractivity contribution in [2.75, 3.05) is 0 Å². The molecule has 0 radical (unpaired) electrons. The highest BCUT2D eigenvalue weighted by atomic mass is 16.4. The number of carbonyl (C=O) groups excluding carboxylic acids is 1. The van der Waals surface area contributed by atoms with Gasteiger partial charge in [0.15, 0.2) is 5.78 Å². The van der Waals surface area contributed by atoms with Crippen LogP contribution in [0, 0.1) is 6.92 Å². The van der Waals surface area contributed by atoms with Crippen LogP contribution in [-0.4, -0.2) is 16.0 Å². The van der Waals surface area contributed by atoms with E-state index in [0.717, 1.165) is 5.56 Å². The van der Waals surface area contributed by atoms with E-state index < -0.39 is 11.4 Å². The lowest BCUT2D eigenvalue weighted by Gasteiger charge is -2.13. The van der Waals surface area contributed by atoms with Gasteiger partial charge in [-0.2, -0.15) is 0 Å². The zero-order chi connectivity index (χ0) is 21.3. The third-order valence-electron chi connectivity index (χ3n) is 4.92. The van der Waals surface area contributed by atoms with Gasteiger partial charge in [-0.1, -0.05) is 66.7 Å². The van der Waals surface area contributed by atoms with Crippen LogP contribution in [-0.2, 0) is 0 Å². The molecule has 0 fully saturated rings. The third kappa shape index (κ3) is 3.37. The van der Waals surface area contributed by atoms with Crippen molar-refractivity contribution in [3.05, 3.63) is 99.9 Å². The average molecular weight is 398 g/mol. The van der Waals surface area contributed by atoms with Gasteiger partial charge in [0.05, 0.1) is 5.39 Å². The molecule has 30 heavy (non-hydrogen) atoms. The molecule has 1 aromatic heterocycles. The minimum atomic E-state index is -0.836. The topological polar surface area (TPSA) is 87.7 Å². The molecule has 148 valence electrons. The van der Waals surface area contributed by atoms with Gasteiger partial charge in [-0.05, 0) is 24.1 Å². The molecule has 2 N–H and O–H groups in total. The van der Waals surface area contributed by atoms with Gasteiger partial charge >= 0.3 is 5.63 Å². The van der Waals surface area contributed by atoms with Gasteiger partial charge in [0.25, 0.3) is 0 Å². The molecule has 4 aromatic rings. The van der Waals surface area contributed by atoms with Gasteiger partial charge in [-0.25, -0.2) is 4.79 Å². The number of aromatic hydroxyl groups is 2. The number of benzene rings is 3. The molecule has 3 aromatic carbocycles. The summed E-state index contributed by atoms with van der Waals surface area (Å²) in [4.78, 5) is 25.9. The molecule has 4 rings (SSSR count). The standard InChI is InChI=1S/C25H18O5/c1-15-19(27)14-20(28)22-21(17-10-6-3-7-11-17)23(25(29)30-24(15)22)18(26)13-12-16-8-4-2-5-9-16/h2-14,27-28H,1H3/b13-12+. The van der Waals surface area contributed by atoms with E-state index in [0.29, 0.717) is 11.1 Å². The second kappa shape index (κ2) is 7.72. The maximum atomic E-state index is 13.1. The van der Waals surface area contributed by atoms with Crippen LogP contribution in [0.3, 0.4) is 0 Å². The summed E-state index contributed by atoms with van der Waals surface area (Å²) in [6.45, 7) is 1.58. The van der Waals surface area contributed by atoms with Crippen molar-refractivity contribution in [2.45, 2.75) is 6.92 Å². The monoisotopic (exact) mass is 398 g/mol. The highest BCUT2D eigenvalue weighted by Gasteiger charge is 2.24.